The van der Waals surface area contributed by atoms with E-state index in [9.17, 15) is 4.79 Å². The van der Waals surface area contributed by atoms with E-state index in [2.05, 4.69) is 17.4 Å². The van der Waals surface area contributed by atoms with E-state index in [4.69, 9.17) is 23.2 Å². The third-order valence-electron chi connectivity index (χ3n) is 3.54. The number of carbonyl (C=O) groups is 1. The molecule has 2 rings (SSSR count). The molecule has 2 aromatic rings. The summed E-state index contributed by atoms with van der Waals surface area (Å²) in [6, 6.07) is 15.6. The molecule has 23 heavy (non-hydrogen) atoms. The minimum absolute atomic E-state index is 0.0449. The number of halogens is 2. The number of quaternary nitrogens is 1. The maximum absolute atomic E-state index is 12.0. The maximum Gasteiger partial charge on any atom is 0.275 e. The molecule has 0 aromatic heterocycles. The molecule has 0 saturated heterocycles. The van der Waals surface area contributed by atoms with Gasteiger partial charge < -0.3 is 10.2 Å². The highest BCUT2D eigenvalue weighted by molar-refractivity contribution is 6.35. The summed E-state index contributed by atoms with van der Waals surface area (Å²) in [5.74, 6) is 0.0449. The molecule has 1 atom stereocenters. The zero-order valence-corrected chi connectivity index (χ0v) is 14.6. The van der Waals surface area contributed by atoms with Gasteiger partial charge in [0.1, 0.15) is 6.54 Å². The molecule has 0 aliphatic heterocycles. The maximum atomic E-state index is 12.0. The van der Waals surface area contributed by atoms with E-state index in [0.29, 0.717) is 29.6 Å². The van der Waals surface area contributed by atoms with Gasteiger partial charge in [-0.1, -0.05) is 59.6 Å². The van der Waals surface area contributed by atoms with Crippen LogP contribution in [0.5, 0.6) is 0 Å². The zero-order chi connectivity index (χ0) is 16.7. The van der Waals surface area contributed by atoms with Crippen LogP contribution in [0.15, 0.2) is 48.5 Å². The van der Waals surface area contributed by atoms with Crippen molar-refractivity contribution in [1.82, 2.24) is 5.32 Å². The monoisotopic (exact) mass is 351 g/mol. The van der Waals surface area contributed by atoms with Crippen LogP contribution in [0.25, 0.3) is 0 Å². The van der Waals surface area contributed by atoms with Crippen LogP contribution >= 0.6 is 23.2 Å². The largest absolute Gasteiger partial charge is 0.351 e. The summed E-state index contributed by atoms with van der Waals surface area (Å²) in [5, 5.41) is 4.20. The van der Waals surface area contributed by atoms with Crippen LogP contribution in [-0.2, 0) is 17.8 Å². The summed E-state index contributed by atoms with van der Waals surface area (Å²) in [4.78, 5) is 13.1. The molecule has 0 aliphatic carbocycles. The smallest absolute Gasteiger partial charge is 0.275 e. The average Bonchev–Trinajstić information content (AvgIpc) is 2.50. The van der Waals surface area contributed by atoms with Crippen molar-refractivity contribution in [3.8, 4) is 0 Å². The Bertz CT molecular complexity index is 647. The lowest BCUT2D eigenvalue weighted by Crippen LogP contribution is -3.08. The Kier molecular flexibility index (Phi) is 6.90. The molecule has 0 saturated carbocycles. The molecule has 1 amide bonds. The predicted octanol–water partition coefficient (Wildman–Crippen LogP) is 2.37. The summed E-state index contributed by atoms with van der Waals surface area (Å²) in [7, 11) is 2.02. The van der Waals surface area contributed by atoms with Crippen LogP contribution in [0.1, 0.15) is 11.1 Å². The van der Waals surface area contributed by atoms with Gasteiger partial charge in [0.25, 0.3) is 5.91 Å². The summed E-state index contributed by atoms with van der Waals surface area (Å²) in [5.41, 5.74) is 2.21. The van der Waals surface area contributed by atoms with Gasteiger partial charge in [-0.2, -0.15) is 0 Å². The third kappa shape index (κ3) is 6.22. The molecule has 0 radical (unpaired) electrons. The lowest BCUT2D eigenvalue weighted by Gasteiger charge is -2.14. The van der Waals surface area contributed by atoms with Gasteiger partial charge in [-0.25, -0.2) is 0 Å². The van der Waals surface area contributed by atoms with Crippen LogP contribution in [0.4, 0.5) is 0 Å². The first-order valence-electron chi connectivity index (χ1n) is 7.60. The van der Waals surface area contributed by atoms with E-state index in [0.717, 1.165) is 17.0 Å². The third-order valence-corrected chi connectivity index (χ3v) is 4.13. The number of amides is 1. The average molecular weight is 352 g/mol. The number of hydrogen-bond acceptors (Lipinski definition) is 1. The minimum atomic E-state index is 0.0449. The summed E-state index contributed by atoms with van der Waals surface area (Å²) in [6.07, 6.45) is 0.694. The van der Waals surface area contributed by atoms with E-state index in [1.54, 1.807) is 6.07 Å². The molecule has 2 N–H and O–H groups in total. The van der Waals surface area contributed by atoms with Gasteiger partial charge in [-0.05, 0) is 24.1 Å². The van der Waals surface area contributed by atoms with Gasteiger partial charge in [0.2, 0.25) is 0 Å². The number of nitrogens with one attached hydrogen (secondary N) is 2. The van der Waals surface area contributed by atoms with Crippen LogP contribution in [0.2, 0.25) is 10.0 Å². The SMILES string of the molecule is C[NH+](CC(=O)NCCc1ccc(Cl)cc1Cl)Cc1ccccc1. The Hall–Kier alpha value is -1.55. The molecule has 0 bridgehead atoms. The van der Waals surface area contributed by atoms with Crippen LogP contribution in [0.3, 0.4) is 0 Å². The number of hydrogen-bond donors (Lipinski definition) is 2. The molecular formula is C18H21Cl2N2O+. The van der Waals surface area contributed by atoms with E-state index in [1.807, 2.05) is 37.4 Å². The van der Waals surface area contributed by atoms with Gasteiger partial charge in [0.05, 0.1) is 7.05 Å². The quantitative estimate of drug-likeness (QED) is 0.788. The van der Waals surface area contributed by atoms with E-state index >= 15 is 0 Å². The predicted molar refractivity (Wildman–Crippen MR) is 95.1 cm³/mol. The number of rotatable bonds is 7. The molecule has 2 aromatic carbocycles. The first-order valence-corrected chi connectivity index (χ1v) is 8.36. The second-order valence-corrected chi connectivity index (χ2v) is 6.48. The zero-order valence-electron chi connectivity index (χ0n) is 13.1. The van der Waals surface area contributed by atoms with Gasteiger partial charge in [0, 0.05) is 22.2 Å². The number of benzene rings is 2. The van der Waals surface area contributed by atoms with E-state index in [-0.39, 0.29) is 5.91 Å². The lowest BCUT2D eigenvalue weighted by molar-refractivity contribution is -0.885. The van der Waals surface area contributed by atoms with Crippen LogP contribution in [0, 0.1) is 0 Å². The van der Waals surface area contributed by atoms with Crippen molar-refractivity contribution in [2.45, 2.75) is 13.0 Å². The van der Waals surface area contributed by atoms with Gasteiger partial charge >= 0.3 is 0 Å². The van der Waals surface area contributed by atoms with Gasteiger partial charge in [-0.3, -0.25) is 4.79 Å². The highest BCUT2D eigenvalue weighted by Gasteiger charge is 2.10. The number of likely N-dealkylation sites (N-methyl/N-ethyl adjacent to an activating group) is 1. The topological polar surface area (TPSA) is 33.5 Å². The Morgan fingerprint density at radius 2 is 1.87 bits per heavy atom. The highest BCUT2D eigenvalue weighted by atomic mass is 35.5. The fraction of sp³-hybridized carbons (Fsp3) is 0.278. The van der Waals surface area contributed by atoms with Crippen molar-refractivity contribution in [3.05, 3.63) is 69.7 Å². The fourth-order valence-corrected chi connectivity index (χ4v) is 2.91. The Morgan fingerprint density at radius 1 is 1.13 bits per heavy atom. The first-order chi connectivity index (χ1) is 11.0. The summed E-state index contributed by atoms with van der Waals surface area (Å²) in [6.45, 7) is 1.85. The molecule has 122 valence electrons. The minimum Gasteiger partial charge on any atom is -0.351 e. The van der Waals surface area contributed by atoms with Crippen molar-refractivity contribution in [2.24, 2.45) is 0 Å². The van der Waals surface area contributed by atoms with Crippen molar-refractivity contribution in [2.75, 3.05) is 20.1 Å². The standard InChI is InChI=1S/C18H20Cl2N2O/c1-22(12-14-5-3-2-4-6-14)13-18(23)21-10-9-15-7-8-16(19)11-17(15)20/h2-8,11H,9-10,12-13H2,1H3,(H,21,23)/p+1. The molecule has 0 spiro atoms. The fourth-order valence-electron chi connectivity index (χ4n) is 2.40. The molecule has 0 fully saturated rings. The molecule has 0 aliphatic rings. The van der Waals surface area contributed by atoms with Crippen LogP contribution in [-0.4, -0.2) is 26.0 Å². The molecular weight excluding hydrogens is 331 g/mol. The molecule has 3 nitrogen and oxygen atoms in total. The van der Waals surface area contributed by atoms with E-state index in [1.165, 1.54) is 5.56 Å². The molecule has 5 heteroatoms. The van der Waals surface area contributed by atoms with Gasteiger partial charge in [0.15, 0.2) is 6.54 Å². The second kappa shape index (κ2) is 8.92. The second-order valence-electron chi connectivity index (χ2n) is 5.63. The Morgan fingerprint density at radius 3 is 2.57 bits per heavy atom. The Labute approximate surface area is 147 Å². The highest BCUT2D eigenvalue weighted by Crippen LogP contribution is 2.20. The normalized spacial score (nSPS) is 12.0. The number of carbonyl (C=O) groups excluding carboxylic acids is 1. The van der Waals surface area contributed by atoms with Crippen LogP contribution < -0.4 is 10.2 Å². The molecule has 0 heterocycles. The van der Waals surface area contributed by atoms with Crippen molar-refractivity contribution in [3.63, 3.8) is 0 Å². The van der Waals surface area contributed by atoms with E-state index < -0.39 is 0 Å². The lowest BCUT2D eigenvalue weighted by atomic mass is 10.1. The molecule has 1 unspecified atom stereocenters. The Balaban J connectivity index is 1.72. The van der Waals surface area contributed by atoms with Gasteiger partial charge in [-0.15, -0.1) is 0 Å². The van der Waals surface area contributed by atoms with Crippen molar-refractivity contribution in [1.29, 1.82) is 0 Å². The van der Waals surface area contributed by atoms with Crippen molar-refractivity contribution >= 4 is 29.1 Å². The van der Waals surface area contributed by atoms with Crippen molar-refractivity contribution < 1.29 is 9.69 Å². The summed E-state index contributed by atoms with van der Waals surface area (Å²) >= 11 is 12.0. The first kappa shape index (κ1) is 17.8. The summed E-state index contributed by atoms with van der Waals surface area (Å²) < 4.78 is 0.